The summed E-state index contributed by atoms with van der Waals surface area (Å²) >= 11 is 1.40. The minimum atomic E-state index is -1.68. The number of carbonyl (C=O) groups is 3. The van der Waals surface area contributed by atoms with Crippen LogP contribution in [-0.4, -0.2) is 76.7 Å². The first-order valence-corrected chi connectivity index (χ1v) is 11.4. The fourth-order valence-electron chi connectivity index (χ4n) is 4.26. The zero-order valence-electron chi connectivity index (χ0n) is 18.1. The number of aliphatic hydroxyl groups is 2. The summed E-state index contributed by atoms with van der Waals surface area (Å²) in [6, 6.07) is 6.20. The highest BCUT2D eigenvalue weighted by Crippen LogP contribution is 2.51. The van der Waals surface area contributed by atoms with Crippen molar-refractivity contribution < 1.29 is 24.6 Å². The molecule has 5 N–H and O–H groups in total. The molecule has 0 aliphatic carbocycles. The Labute approximate surface area is 194 Å². The topological polar surface area (TPSA) is 161 Å². The number of carbonyl (C=O) groups excluding carboxylic acids is 3. The van der Waals surface area contributed by atoms with Crippen molar-refractivity contribution in [3.05, 3.63) is 47.8 Å². The van der Waals surface area contributed by atoms with Crippen LogP contribution in [0.15, 0.2) is 36.5 Å². The number of benzene rings is 1. The van der Waals surface area contributed by atoms with E-state index in [1.54, 1.807) is 30.3 Å². The lowest BCUT2D eigenvalue weighted by Crippen LogP contribution is -2.71. The van der Waals surface area contributed by atoms with Crippen molar-refractivity contribution in [2.45, 2.75) is 61.2 Å². The number of rotatable bonds is 8. The van der Waals surface area contributed by atoms with E-state index < -0.39 is 40.4 Å². The van der Waals surface area contributed by atoms with E-state index in [1.165, 1.54) is 22.9 Å². The summed E-state index contributed by atoms with van der Waals surface area (Å²) in [7, 11) is 0. The van der Waals surface area contributed by atoms with Gasteiger partial charge < -0.3 is 25.7 Å². The largest absolute Gasteiger partial charge is 0.366 e. The molecule has 2 aliphatic rings. The number of nitrogens with one attached hydrogen (secondary N) is 3. The fraction of sp³-hybridized carbons (Fsp3) is 0.476. The molecule has 2 saturated heterocycles. The molecular formula is C21H26N6O5S. The summed E-state index contributed by atoms with van der Waals surface area (Å²) in [5.41, 5.74) is 1.28. The standard InChI is InChI=1S/C21H26N6O5S/c1-21(2)16(20(31)32)27-18(30)15(19(27)33-21)24-17(29)14(11-6-4-3-5-7-11)23-13(28)9-8-12-10-22-26-25-12/h3-7,10,14-16,19-20,31-32H,8-9H2,1-2H3,(H,23,28)(H,24,29)(H,22,25,26)/t14-,15-,16+,19-/m1/s1. The molecule has 0 unspecified atom stereocenters. The number of aryl methyl sites for hydroxylation is 1. The molecule has 2 fully saturated rings. The average molecular weight is 475 g/mol. The van der Waals surface area contributed by atoms with Gasteiger partial charge >= 0.3 is 0 Å². The van der Waals surface area contributed by atoms with Crippen LogP contribution < -0.4 is 10.6 Å². The van der Waals surface area contributed by atoms with Gasteiger partial charge in [-0.05, 0) is 25.8 Å². The molecule has 33 heavy (non-hydrogen) atoms. The minimum absolute atomic E-state index is 0.124. The highest BCUT2D eigenvalue weighted by atomic mass is 32.2. The van der Waals surface area contributed by atoms with Gasteiger partial charge in [0.2, 0.25) is 17.7 Å². The van der Waals surface area contributed by atoms with Crippen molar-refractivity contribution >= 4 is 29.5 Å². The molecule has 12 heteroatoms. The molecule has 4 rings (SSSR count). The van der Waals surface area contributed by atoms with Gasteiger partial charge in [0.25, 0.3) is 0 Å². The molecule has 2 aromatic rings. The molecular weight excluding hydrogens is 448 g/mol. The number of aliphatic hydroxyl groups excluding tert-OH is 1. The van der Waals surface area contributed by atoms with Crippen LogP contribution in [0.5, 0.6) is 0 Å². The Bertz CT molecular complexity index is 1020. The van der Waals surface area contributed by atoms with Crippen molar-refractivity contribution in [3.8, 4) is 0 Å². The fourth-order valence-corrected chi connectivity index (χ4v) is 5.93. The molecule has 11 nitrogen and oxygen atoms in total. The van der Waals surface area contributed by atoms with E-state index in [0.717, 1.165) is 0 Å². The number of thioether (sulfide) groups is 1. The average Bonchev–Trinajstić information content (AvgIpc) is 3.38. The molecule has 4 atom stereocenters. The minimum Gasteiger partial charge on any atom is -0.366 e. The Kier molecular flexibility index (Phi) is 6.41. The third-order valence-electron chi connectivity index (χ3n) is 5.88. The van der Waals surface area contributed by atoms with Crippen LogP contribution in [0.25, 0.3) is 0 Å². The van der Waals surface area contributed by atoms with E-state index in [9.17, 15) is 24.6 Å². The highest BCUT2D eigenvalue weighted by molar-refractivity contribution is 8.01. The van der Waals surface area contributed by atoms with E-state index in [1.807, 2.05) is 13.8 Å². The van der Waals surface area contributed by atoms with E-state index in [0.29, 0.717) is 17.7 Å². The van der Waals surface area contributed by atoms with Crippen LogP contribution in [0.4, 0.5) is 0 Å². The predicted molar refractivity (Wildman–Crippen MR) is 118 cm³/mol. The number of hydrogen-bond donors (Lipinski definition) is 5. The van der Waals surface area contributed by atoms with E-state index in [-0.39, 0.29) is 18.2 Å². The SMILES string of the molecule is CC1(C)S[C@@H]2[C@H](NC(=O)[C@H](NC(=O)CCc3cnn[nH]3)c3ccccc3)C(=O)N2[C@H]1C(O)O. The Hall–Kier alpha value is -2.96. The van der Waals surface area contributed by atoms with Gasteiger partial charge in [-0.2, -0.15) is 0 Å². The third-order valence-corrected chi connectivity index (χ3v) is 7.47. The number of aromatic nitrogens is 3. The van der Waals surface area contributed by atoms with Crippen LogP contribution in [0, 0.1) is 0 Å². The molecule has 2 aliphatic heterocycles. The van der Waals surface area contributed by atoms with Gasteiger partial charge in [0.05, 0.1) is 17.9 Å². The van der Waals surface area contributed by atoms with Crippen molar-refractivity contribution in [2.24, 2.45) is 0 Å². The van der Waals surface area contributed by atoms with Crippen molar-refractivity contribution in [2.75, 3.05) is 0 Å². The maximum absolute atomic E-state index is 13.2. The number of amides is 3. The Morgan fingerprint density at radius 2 is 2.00 bits per heavy atom. The molecule has 0 radical (unpaired) electrons. The number of hydrogen-bond acceptors (Lipinski definition) is 8. The molecule has 0 spiro atoms. The summed E-state index contributed by atoms with van der Waals surface area (Å²) in [5.74, 6) is -1.23. The second-order valence-corrected chi connectivity index (χ2v) is 10.4. The quantitative estimate of drug-likeness (QED) is 0.252. The van der Waals surface area contributed by atoms with Crippen LogP contribution in [0.2, 0.25) is 0 Å². The highest BCUT2D eigenvalue weighted by Gasteiger charge is 2.63. The Morgan fingerprint density at radius 3 is 2.64 bits per heavy atom. The Balaban J connectivity index is 1.45. The molecule has 0 bridgehead atoms. The van der Waals surface area contributed by atoms with Crippen LogP contribution in [0.1, 0.15) is 37.6 Å². The number of H-pyrrole nitrogens is 1. The summed E-state index contributed by atoms with van der Waals surface area (Å²) in [4.78, 5) is 39.9. The lowest BCUT2D eigenvalue weighted by molar-refractivity contribution is -0.167. The molecule has 1 aromatic carbocycles. The van der Waals surface area contributed by atoms with Crippen LogP contribution in [-0.2, 0) is 20.8 Å². The van der Waals surface area contributed by atoms with Crippen LogP contribution in [0.3, 0.4) is 0 Å². The van der Waals surface area contributed by atoms with E-state index >= 15 is 0 Å². The lowest BCUT2D eigenvalue weighted by Gasteiger charge is -2.45. The summed E-state index contributed by atoms with van der Waals surface area (Å²) in [6.45, 7) is 3.66. The van der Waals surface area contributed by atoms with Gasteiger partial charge in [0, 0.05) is 11.2 Å². The zero-order chi connectivity index (χ0) is 23.8. The first-order chi connectivity index (χ1) is 15.7. The summed E-state index contributed by atoms with van der Waals surface area (Å²) < 4.78 is -0.595. The maximum Gasteiger partial charge on any atom is 0.249 e. The van der Waals surface area contributed by atoms with Gasteiger partial charge in [-0.1, -0.05) is 35.5 Å². The second-order valence-electron chi connectivity index (χ2n) is 8.59. The summed E-state index contributed by atoms with van der Waals surface area (Å²) in [6.07, 6.45) is 0.357. The monoisotopic (exact) mass is 474 g/mol. The predicted octanol–water partition coefficient (Wildman–Crippen LogP) is -0.547. The first-order valence-electron chi connectivity index (χ1n) is 10.5. The molecule has 1 aromatic heterocycles. The third kappa shape index (κ3) is 4.59. The van der Waals surface area contributed by atoms with Crippen molar-refractivity contribution in [1.29, 1.82) is 0 Å². The zero-order valence-corrected chi connectivity index (χ0v) is 19.0. The first kappa shape index (κ1) is 23.2. The second kappa shape index (κ2) is 9.12. The van der Waals surface area contributed by atoms with Gasteiger partial charge in [-0.15, -0.1) is 16.9 Å². The molecule has 176 valence electrons. The number of nitrogens with zero attached hydrogens (tertiary/aromatic N) is 3. The number of β-lactam (4-membered cyclic amide) rings is 1. The van der Waals surface area contributed by atoms with Crippen LogP contribution >= 0.6 is 11.8 Å². The van der Waals surface area contributed by atoms with Crippen molar-refractivity contribution in [3.63, 3.8) is 0 Å². The lowest BCUT2D eigenvalue weighted by atomic mass is 9.95. The maximum atomic E-state index is 13.2. The Morgan fingerprint density at radius 1 is 1.27 bits per heavy atom. The summed E-state index contributed by atoms with van der Waals surface area (Å²) in [5, 5.41) is 34.6. The molecule has 0 saturated carbocycles. The van der Waals surface area contributed by atoms with E-state index in [4.69, 9.17) is 0 Å². The normalized spacial score (nSPS) is 24.2. The number of fused-ring (bicyclic) bond motifs is 1. The number of aromatic amines is 1. The smallest absolute Gasteiger partial charge is 0.249 e. The van der Waals surface area contributed by atoms with Gasteiger partial charge in [0.15, 0.2) is 6.29 Å². The van der Waals surface area contributed by atoms with Gasteiger partial charge in [0.1, 0.15) is 17.5 Å². The van der Waals surface area contributed by atoms with Gasteiger partial charge in [-0.25, -0.2) is 0 Å². The van der Waals surface area contributed by atoms with Gasteiger partial charge in [-0.3, -0.25) is 19.5 Å². The van der Waals surface area contributed by atoms with Crippen molar-refractivity contribution in [1.82, 2.24) is 30.9 Å². The molecule has 3 amide bonds. The molecule has 3 heterocycles. The van der Waals surface area contributed by atoms with E-state index in [2.05, 4.69) is 26.0 Å².